The first-order valence-electron chi connectivity index (χ1n) is 12.5. The maximum Gasteiger partial charge on any atom is 0.0541 e. The Bertz CT molecular complexity index is 1420. The van der Waals surface area contributed by atoms with Crippen LogP contribution in [0.1, 0.15) is 52.7 Å². The number of nitrogens with zero attached hydrogens (tertiary/aromatic N) is 2. The maximum atomic E-state index is 2.41. The highest BCUT2D eigenvalue weighted by atomic mass is 15.1. The van der Waals surface area contributed by atoms with Crippen molar-refractivity contribution in [1.29, 1.82) is 0 Å². The van der Waals surface area contributed by atoms with E-state index in [9.17, 15) is 0 Å². The van der Waals surface area contributed by atoms with Gasteiger partial charge in [-0.25, -0.2) is 0 Å². The minimum absolute atomic E-state index is 0.105. The third-order valence-electron chi connectivity index (χ3n) is 7.14. The van der Waals surface area contributed by atoms with Gasteiger partial charge in [0.05, 0.1) is 11.0 Å². The highest BCUT2D eigenvalue weighted by molar-refractivity contribution is 6.09. The third kappa shape index (κ3) is 4.23. The van der Waals surface area contributed by atoms with Crippen molar-refractivity contribution in [1.82, 2.24) is 4.57 Å². The minimum atomic E-state index is 0.105. The summed E-state index contributed by atoms with van der Waals surface area (Å²) in [6, 6.07) is 33.4. The van der Waals surface area contributed by atoms with Gasteiger partial charge < -0.3 is 9.47 Å². The predicted octanol–water partition coefficient (Wildman–Crippen LogP) is 9.15. The van der Waals surface area contributed by atoms with Gasteiger partial charge in [0.25, 0.3) is 0 Å². The summed E-state index contributed by atoms with van der Waals surface area (Å²) < 4.78 is 2.41. The molecule has 4 aromatic carbocycles. The van der Waals surface area contributed by atoms with Crippen molar-refractivity contribution in [3.05, 3.63) is 102 Å². The Kier molecular flexibility index (Phi) is 5.51. The van der Waals surface area contributed by atoms with Gasteiger partial charge in [-0.2, -0.15) is 0 Å². The first kappa shape index (κ1) is 23.2. The second-order valence-corrected chi connectivity index (χ2v) is 11.7. The number of aromatic nitrogens is 1. The number of fused-ring (bicyclic) bond motifs is 3. The molecule has 1 aromatic heterocycles. The molecule has 0 aliphatic carbocycles. The van der Waals surface area contributed by atoms with Crippen LogP contribution in [0.3, 0.4) is 0 Å². The van der Waals surface area contributed by atoms with Crippen molar-refractivity contribution in [2.75, 3.05) is 11.9 Å². The van der Waals surface area contributed by atoms with E-state index in [1.165, 1.54) is 50.0 Å². The summed E-state index contributed by atoms with van der Waals surface area (Å²) >= 11 is 0. The molecule has 0 aliphatic rings. The molecule has 0 unspecified atom stereocenters. The molecule has 0 saturated heterocycles. The fraction of sp³-hybridized carbons (Fsp3) is 0.273. The molecule has 1 heterocycles. The van der Waals surface area contributed by atoms with Gasteiger partial charge in [0.15, 0.2) is 0 Å². The van der Waals surface area contributed by atoms with Crippen molar-refractivity contribution >= 4 is 33.2 Å². The number of benzene rings is 4. The van der Waals surface area contributed by atoms with Gasteiger partial charge in [0, 0.05) is 34.9 Å². The van der Waals surface area contributed by atoms with Gasteiger partial charge in [-0.3, -0.25) is 0 Å². The van der Waals surface area contributed by atoms with E-state index in [1.54, 1.807) is 0 Å². The molecule has 0 fully saturated rings. The Morgan fingerprint density at radius 3 is 1.46 bits per heavy atom. The van der Waals surface area contributed by atoms with Crippen LogP contribution in [0.2, 0.25) is 0 Å². The van der Waals surface area contributed by atoms with E-state index in [-0.39, 0.29) is 10.8 Å². The van der Waals surface area contributed by atoms with E-state index in [0.717, 1.165) is 0 Å². The average molecular weight is 461 g/mol. The molecule has 2 heteroatoms. The Morgan fingerprint density at radius 2 is 1.00 bits per heavy atom. The standard InChI is InChI=1S/C33H36N2/c1-32(2,3)23-13-19-30-28(21-23)29-22-24(33(4,5)6)14-20-31(29)35(30)27-17-15-26(16-18-27)34(7)25-11-9-8-10-12-25/h8-22H,1-7H3. The minimum Gasteiger partial charge on any atom is -0.345 e. The molecule has 0 amide bonds. The van der Waals surface area contributed by atoms with E-state index >= 15 is 0 Å². The highest BCUT2D eigenvalue weighted by Crippen LogP contribution is 2.38. The molecule has 0 bridgehead atoms. The lowest BCUT2D eigenvalue weighted by atomic mass is 9.85. The molecule has 0 radical (unpaired) electrons. The molecule has 0 saturated carbocycles. The lowest BCUT2D eigenvalue weighted by molar-refractivity contribution is 0.590. The molecule has 0 N–H and O–H groups in total. The second kappa shape index (κ2) is 8.30. The van der Waals surface area contributed by atoms with E-state index in [1.807, 2.05) is 0 Å². The highest BCUT2D eigenvalue weighted by Gasteiger charge is 2.20. The normalized spacial score (nSPS) is 12.4. The number of hydrogen-bond acceptors (Lipinski definition) is 1. The largest absolute Gasteiger partial charge is 0.345 e. The van der Waals surface area contributed by atoms with Crippen LogP contribution in [-0.4, -0.2) is 11.6 Å². The summed E-state index contributed by atoms with van der Waals surface area (Å²) in [7, 11) is 2.12. The Balaban J connectivity index is 1.69. The summed E-state index contributed by atoms with van der Waals surface area (Å²) in [5.74, 6) is 0. The fourth-order valence-corrected chi connectivity index (χ4v) is 4.86. The summed E-state index contributed by atoms with van der Waals surface area (Å²) in [5.41, 5.74) is 8.98. The first-order chi connectivity index (χ1) is 16.5. The quantitative estimate of drug-likeness (QED) is 0.260. The summed E-state index contributed by atoms with van der Waals surface area (Å²) in [5, 5.41) is 2.65. The van der Waals surface area contributed by atoms with Gasteiger partial charge in [0.2, 0.25) is 0 Å². The van der Waals surface area contributed by atoms with Crippen LogP contribution in [0, 0.1) is 0 Å². The van der Waals surface area contributed by atoms with E-state index < -0.39 is 0 Å². The zero-order chi connectivity index (χ0) is 25.0. The van der Waals surface area contributed by atoms with Crippen LogP contribution in [-0.2, 0) is 10.8 Å². The van der Waals surface area contributed by atoms with Gasteiger partial charge in [0.1, 0.15) is 0 Å². The molecule has 5 aromatic rings. The van der Waals surface area contributed by atoms with Crippen LogP contribution in [0.25, 0.3) is 27.5 Å². The molecule has 2 nitrogen and oxygen atoms in total. The van der Waals surface area contributed by atoms with Gasteiger partial charge >= 0.3 is 0 Å². The second-order valence-electron chi connectivity index (χ2n) is 11.7. The SMILES string of the molecule is CN(c1ccccc1)c1ccc(-n2c3ccc(C(C)(C)C)cc3c3cc(C(C)(C)C)ccc32)cc1. The molecule has 35 heavy (non-hydrogen) atoms. The van der Waals surface area contributed by atoms with Crippen LogP contribution >= 0.6 is 0 Å². The van der Waals surface area contributed by atoms with Gasteiger partial charge in [-0.1, -0.05) is 71.9 Å². The smallest absolute Gasteiger partial charge is 0.0541 e. The first-order valence-corrected chi connectivity index (χ1v) is 12.5. The Hall–Kier alpha value is -3.52. The van der Waals surface area contributed by atoms with Crippen LogP contribution in [0.4, 0.5) is 11.4 Å². The van der Waals surface area contributed by atoms with Crippen LogP contribution < -0.4 is 4.90 Å². The van der Waals surface area contributed by atoms with E-state index in [2.05, 4.69) is 149 Å². The van der Waals surface area contributed by atoms with Crippen LogP contribution in [0.15, 0.2) is 91.0 Å². The van der Waals surface area contributed by atoms with Crippen molar-refractivity contribution in [2.24, 2.45) is 0 Å². The summed E-state index contributed by atoms with van der Waals surface area (Å²) in [6.45, 7) is 13.7. The summed E-state index contributed by atoms with van der Waals surface area (Å²) in [4.78, 5) is 2.22. The molecule has 5 rings (SSSR count). The van der Waals surface area contributed by atoms with Crippen LogP contribution in [0.5, 0.6) is 0 Å². The number of hydrogen-bond donors (Lipinski definition) is 0. The van der Waals surface area contributed by atoms with Gasteiger partial charge in [-0.15, -0.1) is 0 Å². The van der Waals surface area contributed by atoms with E-state index in [4.69, 9.17) is 0 Å². The number of rotatable bonds is 3. The van der Waals surface area contributed by atoms with E-state index in [0.29, 0.717) is 0 Å². The monoisotopic (exact) mass is 460 g/mol. The zero-order valence-electron chi connectivity index (χ0n) is 22.1. The average Bonchev–Trinajstić information content (AvgIpc) is 3.16. The predicted molar refractivity (Wildman–Crippen MR) is 153 cm³/mol. The molecular weight excluding hydrogens is 424 g/mol. The third-order valence-corrected chi connectivity index (χ3v) is 7.14. The van der Waals surface area contributed by atoms with Crippen molar-refractivity contribution in [2.45, 2.75) is 52.4 Å². The van der Waals surface area contributed by atoms with Gasteiger partial charge in [-0.05, 0) is 82.6 Å². The van der Waals surface area contributed by atoms with Crippen molar-refractivity contribution < 1.29 is 0 Å². The Labute approximate surface area is 209 Å². The molecular formula is C33H36N2. The lowest BCUT2D eigenvalue weighted by Crippen LogP contribution is -2.10. The zero-order valence-corrected chi connectivity index (χ0v) is 22.1. The van der Waals surface area contributed by atoms with Crippen molar-refractivity contribution in [3.8, 4) is 5.69 Å². The number of para-hydroxylation sites is 1. The Morgan fingerprint density at radius 1 is 0.543 bits per heavy atom. The van der Waals surface area contributed by atoms with Crippen molar-refractivity contribution in [3.63, 3.8) is 0 Å². The molecule has 0 aliphatic heterocycles. The molecule has 178 valence electrons. The summed E-state index contributed by atoms with van der Waals surface area (Å²) in [6.07, 6.45) is 0. The topological polar surface area (TPSA) is 8.17 Å². The maximum absolute atomic E-state index is 2.41. The lowest BCUT2D eigenvalue weighted by Gasteiger charge is -2.20. The molecule has 0 spiro atoms. The number of anilines is 2. The fourth-order valence-electron chi connectivity index (χ4n) is 4.86. The molecule has 0 atom stereocenters.